The number of carbonyl (C=O) groups excluding carboxylic acids is 5. The van der Waals surface area contributed by atoms with E-state index in [4.69, 9.17) is 26.1 Å². The summed E-state index contributed by atoms with van der Waals surface area (Å²) in [5.74, 6) is -3.23. The van der Waals surface area contributed by atoms with Crippen LogP contribution in [0.25, 0.3) is 11.3 Å². The van der Waals surface area contributed by atoms with Crippen LogP contribution in [0.4, 0.5) is 26.1 Å². The molecule has 1 aromatic heterocycles. The Labute approximate surface area is 357 Å². The predicted octanol–water partition coefficient (Wildman–Crippen LogP) is 5.33. The Balaban J connectivity index is 0.768. The molecule has 0 spiro atoms. The Morgan fingerprint density at radius 3 is 2.47 bits per heavy atom. The van der Waals surface area contributed by atoms with Gasteiger partial charge in [0, 0.05) is 75.5 Å². The van der Waals surface area contributed by atoms with Crippen molar-refractivity contribution in [2.45, 2.75) is 32.0 Å². The average Bonchev–Trinajstić information content (AvgIpc) is 3.51. The lowest BCUT2D eigenvalue weighted by molar-refractivity contribution is -0.137. The summed E-state index contributed by atoms with van der Waals surface area (Å²) in [4.78, 5) is 77.5. The first-order valence-electron chi connectivity index (χ1n) is 19.6. The molecule has 1 fully saturated rings. The molecule has 0 bridgehead atoms. The van der Waals surface area contributed by atoms with Crippen LogP contribution in [0.5, 0.6) is 0 Å². The van der Waals surface area contributed by atoms with E-state index in [0.717, 1.165) is 0 Å². The molecule has 5 aromatic rings. The Morgan fingerprint density at radius 2 is 1.68 bits per heavy atom. The van der Waals surface area contributed by atoms with Gasteiger partial charge in [0.25, 0.3) is 11.8 Å². The minimum absolute atomic E-state index is 0.0762. The van der Waals surface area contributed by atoms with Gasteiger partial charge in [-0.1, -0.05) is 29.8 Å². The maximum atomic E-state index is 14.9. The number of carbonyl (C=O) groups is 5. The van der Waals surface area contributed by atoms with Gasteiger partial charge in [0.15, 0.2) is 0 Å². The summed E-state index contributed by atoms with van der Waals surface area (Å²) in [6.45, 7) is 0.626. The molecule has 4 N–H and O–H groups in total. The number of imide groups is 1. The molecular weight excluding hydrogens is 826 g/mol. The number of anilines is 3. The maximum absolute atomic E-state index is 14.9. The van der Waals surface area contributed by atoms with Crippen LogP contribution in [0, 0.1) is 11.6 Å². The SMILES string of the molecule is O=C1CCC(N2Cc3c(NC(=O)COCCOCCNC(=O)c4ccc(Nc5ncc6c(n5)-c5ccc(Cl)cc5C(c5c(F)cccc5F)=NC6)cc4)cccc3C2=O)C(=O)N1. The zero-order valence-electron chi connectivity index (χ0n) is 32.8. The van der Waals surface area contributed by atoms with Crippen molar-refractivity contribution in [1.82, 2.24) is 25.5 Å². The van der Waals surface area contributed by atoms with Gasteiger partial charge in [-0.15, -0.1) is 0 Å². The third-order valence-corrected chi connectivity index (χ3v) is 10.6. The first kappa shape index (κ1) is 41.8. The summed E-state index contributed by atoms with van der Waals surface area (Å²) in [5.41, 5.74) is 4.45. The van der Waals surface area contributed by atoms with Crippen LogP contribution < -0.4 is 21.3 Å². The number of amides is 5. The molecule has 0 aliphatic carbocycles. The number of hydrogen-bond acceptors (Lipinski definition) is 11. The number of rotatable bonds is 14. The lowest BCUT2D eigenvalue weighted by atomic mass is 9.95. The largest absolute Gasteiger partial charge is 0.377 e. The van der Waals surface area contributed by atoms with Crippen molar-refractivity contribution in [1.29, 1.82) is 0 Å². The first-order valence-corrected chi connectivity index (χ1v) is 19.9. The number of ether oxygens (including phenoxy) is 2. The zero-order chi connectivity index (χ0) is 43.3. The number of halogens is 3. The summed E-state index contributed by atoms with van der Waals surface area (Å²) in [5, 5.41) is 11.3. The molecule has 1 saturated heterocycles. The predicted molar refractivity (Wildman–Crippen MR) is 223 cm³/mol. The number of nitrogens with zero attached hydrogens (tertiary/aromatic N) is 4. The Bertz CT molecular complexity index is 2620. The molecular formula is C44H37ClF2N8O7. The molecule has 8 rings (SSSR count). The molecule has 62 heavy (non-hydrogen) atoms. The lowest BCUT2D eigenvalue weighted by Gasteiger charge is -2.29. The van der Waals surface area contributed by atoms with Gasteiger partial charge in [0.2, 0.25) is 23.7 Å². The van der Waals surface area contributed by atoms with E-state index < -0.39 is 29.5 Å². The van der Waals surface area contributed by atoms with E-state index in [9.17, 15) is 32.8 Å². The van der Waals surface area contributed by atoms with E-state index >= 15 is 0 Å². The van der Waals surface area contributed by atoms with Gasteiger partial charge in [-0.25, -0.2) is 18.7 Å². The van der Waals surface area contributed by atoms with Crippen LogP contribution in [0.2, 0.25) is 5.02 Å². The monoisotopic (exact) mass is 862 g/mol. The molecule has 1 atom stereocenters. The Hall–Kier alpha value is -6.95. The summed E-state index contributed by atoms with van der Waals surface area (Å²) in [6.07, 6.45) is 1.98. The first-order chi connectivity index (χ1) is 30.0. The molecule has 15 nitrogen and oxygen atoms in total. The van der Waals surface area contributed by atoms with Gasteiger partial charge in [0.1, 0.15) is 24.3 Å². The fourth-order valence-corrected chi connectivity index (χ4v) is 7.54. The number of aromatic nitrogens is 2. The van der Waals surface area contributed by atoms with E-state index in [2.05, 4.69) is 31.2 Å². The number of fused-ring (bicyclic) bond motifs is 4. The zero-order valence-corrected chi connectivity index (χ0v) is 33.6. The van der Waals surface area contributed by atoms with Gasteiger partial charge in [-0.05, 0) is 67.1 Å². The Kier molecular flexibility index (Phi) is 12.4. The second-order valence-corrected chi connectivity index (χ2v) is 14.9. The van der Waals surface area contributed by atoms with Gasteiger partial charge in [-0.2, -0.15) is 0 Å². The van der Waals surface area contributed by atoms with Crippen molar-refractivity contribution in [3.8, 4) is 11.3 Å². The number of hydrogen-bond donors (Lipinski definition) is 4. The molecule has 4 aromatic carbocycles. The van der Waals surface area contributed by atoms with E-state index in [-0.39, 0.29) is 93.8 Å². The van der Waals surface area contributed by atoms with E-state index in [1.807, 2.05) is 0 Å². The molecule has 3 aliphatic heterocycles. The molecule has 5 amide bonds. The molecule has 316 valence electrons. The van der Waals surface area contributed by atoms with Gasteiger partial charge >= 0.3 is 0 Å². The van der Waals surface area contributed by atoms with Crippen LogP contribution in [0.15, 0.2) is 90.1 Å². The highest BCUT2D eigenvalue weighted by Crippen LogP contribution is 2.35. The normalized spacial score (nSPS) is 15.5. The van der Waals surface area contributed by atoms with Crippen LogP contribution in [-0.4, -0.2) is 89.1 Å². The van der Waals surface area contributed by atoms with Crippen molar-refractivity contribution in [2.75, 3.05) is 43.6 Å². The van der Waals surface area contributed by atoms with Crippen molar-refractivity contribution in [3.05, 3.63) is 135 Å². The van der Waals surface area contributed by atoms with Crippen molar-refractivity contribution in [3.63, 3.8) is 0 Å². The average molecular weight is 863 g/mol. The summed E-state index contributed by atoms with van der Waals surface area (Å²) < 4.78 is 40.8. The minimum Gasteiger partial charge on any atom is -0.377 e. The summed E-state index contributed by atoms with van der Waals surface area (Å²) >= 11 is 6.33. The fourth-order valence-electron chi connectivity index (χ4n) is 7.37. The van der Waals surface area contributed by atoms with Gasteiger partial charge < -0.3 is 30.3 Å². The van der Waals surface area contributed by atoms with Crippen LogP contribution >= 0.6 is 11.6 Å². The van der Waals surface area contributed by atoms with Gasteiger partial charge in [0.05, 0.1) is 43.3 Å². The standard InChI is InChI=1S/C44H37ClF2N8O7/c45-26-9-12-28-30(19-26)40(38-32(46)4-2-5-33(38)47)49-20-25-21-50-44(54-39(25)28)51-27-10-7-24(8-11-27)41(58)48-15-16-61-17-18-62-23-37(57)52-34-6-1-3-29-31(34)22-55(43(29)60)35-13-14-36(56)53-42(35)59/h1-12,19,21,35H,13-18,20,22-23H2,(H,48,58)(H,52,57)(H,50,51,54)(H,53,56,59). The molecule has 0 radical (unpaired) electrons. The molecule has 4 heterocycles. The number of benzene rings is 4. The van der Waals surface area contributed by atoms with E-state index in [0.29, 0.717) is 55.5 Å². The lowest BCUT2D eigenvalue weighted by Crippen LogP contribution is -2.52. The van der Waals surface area contributed by atoms with Crippen LogP contribution in [0.3, 0.4) is 0 Å². The highest BCUT2D eigenvalue weighted by atomic mass is 35.5. The third-order valence-electron chi connectivity index (χ3n) is 10.4. The number of aliphatic imine (C=N–C) groups is 1. The quantitative estimate of drug-likeness (QED) is 0.0838. The Morgan fingerprint density at radius 1 is 0.903 bits per heavy atom. The topological polar surface area (TPSA) is 193 Å². The number of piperidine rings is 1. The highest BCUT2D eigenvalue weighted by Gasteiger charge is 2.40. The molecule has 1 unspecified atom stereocenters. The minimum atomic E-state index is -0.766. The van der Waals surface area contributed by atoms with Crippen LogP contribution in [0.1, 0.15) is 55.8 Å². The third kappa shape index (κ3) is 9.05. The van der Waals surface area contributed by atoms with Crippen molar-refractivity contribution < 1.29 is 42.2 Å². The van der Waals surface area contributed by atoms with E-state index in [1.165, 1.54) is 23.1 Å². The molecule has 3 aliphatic rings. The van der Waals surface area contributed by atoms with Crippen molar-refractivity contribution in [2.24, 2.45) is 4.99 Å². The second kappa shape index (κ2) is 18.3. The molecule has 0 saturated carbocycles. The number of nitrogens with one attached hydrogen (secondary N) is 4. The van der Waals surface area contributed by atoms with Crippen LogP contribution in [-0.2, 0) is 36.9 Å². The van der Waals surface area contributed by atoms with Gasteiger partial charge in [-0.3, -0.25) is 34.3 Å². The maximum Gasteiger partial charge on any atom is 0.255 e. The molecule has 18 heteroatoms. The fraction of sp³-hybridized carbons (Fsp3) is 0.227. The smallest absolute Gasteiger partial charge is 0.255 e. The summed E-state index contributed by atoms with van der Waals surface area (Å²) in [7, 11) is 0. The van der Waals surface area contributed by atoms with E-state index in [1.54, 1.807) is 66.9 Å². The van der Waals surface area contributed by atoms with Crippen molar-refractivity contribution >= 4 is 64.2 Å². The summed E-state index contributed by atoms with van der Waals surface area (Å²) in [6, 6.07) is 19.5. The highest BCUT2D eigenvalue weighted by molar-refractivity contribution is 6.31. The second-order valence-electron chi connectivity index (χ2n) is 14.4.